The van der Waals surface area contributed by atoms with E-state index in [1.54, 1.807) is 24.5 Å². The second kappa shape index (κ2) is 7.26. The normalized spacial score (nSPS) is 16.7. The summed E-state index contributed by atoms with van der Waals surface area (Å²) in [6.45, 7) is 2.59. The minimum atomic E-state index is -0.302. The molecule has 3 aromatic rings. The van der Waals surface area contributed by atoms with Crippen LogP contribution in [0.3, 0.4) is 0 Å². The first-order chi connectivity index (χ1) is 13.1. The van der Waals surface area contributed by atoms with Gasteiger partial charge in [-0.2, -0.15) is 0 Å². The smallest absolute Gasteiger partial charge is 0.227 e. The third-order valence-corrected chi connectivity index (χ3v) is 4.75. The lowest BCUT2D eigenvalue weighted by molar-refractivity contribution is -0.131. The number of aromatic amines is 1. The van der Waals surface area contributed by atoms with Crippen LogP contribution < -0.4 is 0 Å². The molecule has 1 aliphatic rings. The molecule has 0 radical (unpaired) electrons. The summed E-state index contributed by atoms with van der Waals surface area (Å²) in [6.07, 6.45) is 5.41. The van der Waals surface area contributed by atoms with Crippen LogP contribution in [0, 0.1) is 12.7 Å². The number of aryl methyl sites for hydroxylation is 1. The maximum absolute atomic E-state index is 13.1. The third-order valence-electron chi connectivity index (χ3n) is 4.75. The van der Waals surface area contributed by atoms with Crippen molar-refractivity contribution in [2.75, 3.05) is 6.54 Å². The fourth-order valence-electron chi connectivity index (χ4n) is 3.48. The van der Waals surface area contributed by atoms with Gasteiger partial charge in [-0.1, -0.05) is 12.1 Å². The van der Waals surface area contributed by atoms with Crippen LogP contribution in [0.1, 0.15) is 36.0 Å². The summed E-state index contributed by atoms with van der Waals surface area (Å²) < 4.78 is 13.1. The molecule has 1 fully saturated rings. The highest BCUT2D eigenvalue weighted by Crippen LogP contribution is 2.31. The van der Waals surface area contributed by atoms with Crippen LogP contribution in [0.15, 0.2) is 42.7 Å². The molecule has 1 atom stereocenters. The van der Waals surface area contributed by atoms with E-state index in [9.17, 15) is 9.18 Å². The van der Waals surface area contributed by atoms with Gasteiger partial charge in [0.15, 0.2) is 11.6 Å². The molecule has 1 aliphatic heterocycles. The predicted octanol–water partition coefficient (Wildman–Crippen LogP) is 3.22. The van der Waals surface area contributed by atoms with Crippen LogP contribution in [0.25, 0.3) is 11.5 Å². The molecule has 1 N–H and O–H groups in total. The standard InChI is InChI=1S/C20H20FN5O/c1-13-11-16(19-22-8-9-23-19)25-20(24-13)17-3-2-10-26(17)18(27)12-14-4-6-15(21)7-5-14/h4-9,11,17H,2-3,10,12H2,1H3,(H,22,23). The highest BCUT2D eigenvalue weighted by atomic mass is 19.1. The quantitative estimate of drug-likeness (QED) is 0.770. The number of halogens is 1. The first-order valence-electron chi connectivity index (χ1n) is 8.99. The molecule has 1 saturated heterocycles. The largest absolute Gasteiger partial charge is 0.343 e. The maximum Gasteiger partial charge on any atom is 0.227 e. The number of amides is 1. The zero-order valence-corrected chi connectivity index (χ0v) is 15.0. The van der Waals surface area contributed by atoms with E-state index in [1.165, 1.54) is 12.1 Å². The van der Waals surface area contributed by atoms with E-state index >= 15 is 0 Å². The van der Waals surface area contributed by atoms with Crippen LogP contribution in [-0.2, 0) is 11.2 Å². The minimum absolute atomic E-state index is 0.00811. The maximum atomic E-state index is 13.1. The van der Waals surface area contributed by atoms with Gasteiger partial charge in [0.2, 0.25) is 5.91 Å². The Balaban J connectivity index is 1.57. The molecule has 0 bridgehead atoms. The third kappa shape index (κ3) is 3.72. The number of hydrogen-bond acceptors (Lipinski definition) is 4. The Kier molecular flexibility index (Phi) is 4.66. The molecule has 2 aromatic heterocycles. The molecule has 0 spiro atoms. The van der Waals surface area contributed by atoms with Crippen molar-refractivity contribution < 1.29 is 9.18 Å². The van der Waals surface area contributed by atoms with E-state index in [0.717, 1.165) is 29.8 Å². The van der Waals surface area contributed by atoms with Crippen LogP contribution in [0.4, 0.5) is 4.39 Å². The van der Waals surface area contributed by atoms with Gasteiger partial charge < -0.3 is 9.88 Å². The van der Waals surface area contributed by atoms with Gasteiger partial charge in [-0.25, -0.2) is 19.3 Å². The molecule has 4 rings (SSSR count). The number of carbonyl (C=O) groups excluding carboxylic acids is 1. The first kappa shape index (κ1) is 17.3. The van der Waals surface area contributed by atoms with E-state index in [4.69, 9.17) is 0 Å². The molecule has 1 unspecified atom stereocenters. The minimum Gasteiger partial charge on any atom is -0.343 e. The molecule has 138 valence electrons. The van der Waals surface area contributed by atoms with Crippen LogP contribution in [0.2, 0.25) is 0 Å². The van der Waals surface area contributed by atoms with Gasteiger partial charge in [-0.05, 0) is 43.5 Å². The number of nitrogens with zero attached hydrogens (tertiary/aromatic N) is 4. The second-order valence-electron chi connectivity index (χ2n) is 6.74. The lowest BCUT2D eigenvalue weighted by atomic mass is 10.1. The molecule has 0 saturated carbocycles. The summed E-state index contributed by atoms with van der Waals surface area (Å²) >= 11 is 0. The monoisotopic (exact) mass is 365 g/mol. The van der Waals surface area contributed by atoms with Crippen molar-refractivity contribution in [2.45, 2.75) is 32.2 Å². The van der Waals surface area contributed by atoms with E-state index in [0.29, 0.717) is 18.2 Å². The average Bonchev–Trinajstić information content (AvgIpc) is 3.35. The topological polar surface area (TPSA) is 74.8 Å². The molecule has 27 heavy (non-hydrogen) atoms. The van der Waals surface area contributed by atoms with Gasteiger partial charge in [0.1, 0.15) is 11.5 Å². The predicted molar refractivity (Wildman–Crippen MR) is 98.1 cm³/mol. The Morgan fingerprint density at radius 3 is 2.85 bits per heavy atom. The van der Waals surface area contributed by atoms with Crippen LogP contribution >= 0.6 is 0 Å². The van der Waals surface area contributed by atoms with Gasteiger partial charge >= 0.3 is 0 Å². The summed E-state index contributed by atoms with van der Waals surface area (Å²) in [5, 5.41) is 0. The van der Waals surface area contributed by atoms with Crippen molar-refractivity contribution in [3.63, 3.8) is 0 Å². The number of imidazole rings is 1. The van der Waals surface area contributed by atoms with Crippen molar-refractivity contribution in [3.8, 4) is 11.5 Å². The number of H-pyrrole nitrogens is 1. The fourth-order valence-corrected chi connectivity index (χ4v) is 3.48. The average molecular weight is 365 g/mol. The Bertz CT molecular complexity index is 940. The van der Waals surface area contributed by atoms with Crippen molar-refractivity contribution in [1.29, 1.82) is 0 Å². The Hall–Kier alpha value is -3.09. The van der Waals surface area contributed by atoms with Crippen LogP contribution in [0.5, 0.6) is 0 Å². The van der Waals surface area contributed by atoms with Gasteiger partial charge in [0, 0.05) is 24.6 Å². The summed E-state index contributed by atoms with van der Waals surface area (Å²) in [7, 11) is 0. The van der Waals surface area contributed by atoms with Gasteiger partial charge in [0.25, 0.3) is 0 Å². The first-order valence-corrected chi connectivity index (χ1v) is 8.99. The molecule has 7 heteroatoms. The lowest BCUT2D eigenvalue weighted by Gasteiger charge is -2.24. The van der Waals surface area contributed by atoms with E-state index in [2.05, 4.69) is 19.9 Å². The lowest BCUT2D eigenvalue weighted by Crippen LogP contribution is -2.32. The zero-order valence-electron chi connectivity index (χ0n) is 15.0. The van der Waals surface area contributed by atoms with E-state index in [-0.39, 0.29) is 24.2 Å². The van der Waals surface area contributed by atoms with Gasteiger partial charge in [0.05, 0.1) is 12.5 Å². The Labute approximate surface area is 156 Å². The summed E-state index contributed by atoms with van der Waals surface area (Å²) in [5.41, 5.74) is 2.36. The van der Waals surface area contributed by atoms with Crippen molar-refractivity contribution >= 4 is 5.91 Å². The molecular weight excluding hydrogens is 345 g/mol. The number of likely N-dealkylation sites (tertiary alicyclic amines) is 1. The van der Waals surface area contributed by atoms with Gasteiger partial charge in [-0.3, -0.25) is 4.79 Å². The Morgan fingerprint density at radius 2 is 2.11 bits per heavy atom. The van der Waals surface area contributed by atoms with Crippen molar-refractivity contribution in [3.05, 3.63) is 65.6 Å². The molecule has 1 amide bonds. The number of aromatic nitrogens is 4. The number of benzene rings is 1. The Morgan fingerprint density at radius 1 is 1.30 bits per heavy atom. The molecule has 6 nitrogen and oxygen atoms in total. The second-order valence-corrected chi connectivity index (χ2v) is 6.74. The number of nitrogens with one attached hydrogen (secondary N) is 1. The highest BCUT2D eigenvalue weighted by Gasteiger charge is 2.32. The SMILES string of the molecule is Cc1cc(-c2ncc[nH]2)nc(C2CCCN2C(=O)Cc2ccc(F)cc2)n1. The molecule has 1 aromatic carbocycles. The van der Waals surface area contributed by atoms with E-state index in [1.807, 2.05) is 17.9 Å². The van der Waals surface area contributed by atoms with E-state index < -0.39 is 0 Å². The summed E-state index contributed by atoms with van der Waals surface area (Å²) in [4.78, 5) is 31.2. The molecular formula is C20H20FN5O. The number of hydrogen-bond donors (Lipinski definition) is 1. The number of rotatable bonds is 4. The number of carbonyl (C=O) groups is 1. The zero-order chi connectivity index (χ0) is 18.8. The summed E-state index contributed by atoms with van der Waals surface area (Å²) in [5.74, 6) is 1.04. The van der Waals surface area contributed by atoms with Crippen LogP contribution in [-0.4, -0.2) is 37.3 Å². The van der Waals surface area contributed by atoms with Gasteiger partial charge in [-0.15, -0.1) is 0 Å². The van der Waals surface area contributed by atoms with Crippen molar-refractivity contribution in [2.24, 2.45) is 0 Å². The summed E-state index contributed by atoms with van der Waals surface area (Å²) in [6, 6.07) is 7.79. The molecule has 3 heterocycles. The highest BCUT2D eigenvalue weighted by molar-refractivity contribution is 5.79. The fraction of sp³-hybridized carbons (Fsp3) is 0.300. The van der Waals surface area contributed by atoms with Crippen molar-refractivity contribution in [1.82, 2.24) is 24.8 Å². The molecule has 0 aliphatic carbocycles.